The highest BCUT2D eigenvalue weighted by atomic mass is 32.1. The first-order valence-corrected chi connectivity index (χ1v) is 9.15. The number of hydrogen-bond donors (Lipinski definition) is 1. The molecule has 0 aliphatic rings. The van der Waals surface area contributed by atoms with Crippen LogP contribution in [-0.4, -0.2) is 23.0 Å². The summed E-state index contributed by atoms with van der Waals surface area (Å²) in [6.45, 7) is 1.44. The van der Waals surface area contributed by atoms with Crippen molar-refractivity contribution in [2.75, 3.05) is 5.32 Å². The number of halogens is 1. The van der Waals surface area contributed by atoms with Crippen LogP contribution in [0.2, 0.25) is 0 Å². The highest BCUT2D eigenvalue weighted by Crippen LogP contribution is 2.23. The Kier molecular flexibility index (Phi) is 5.93. The van der Waals surface area contributed by atoms with Crippen molar-refractivity contribution >= 4 is 28.9 Å². The Morgan fingerprint density at radius 1 is 1.15 bits per heavy atom. The molecule has 1 atom stereocenters. The van der Waals surface area contributed by atoms with Crippen LogP contribution in [-0.2, 0) is 20.7 Å². The average molecular weight is 384 g/mol. The van der Waals surface area contributed by atoms with Crippen molar-refractivity contribution in [1.29, 1.82) is 0 Å². The fraction of sp³-hybridized carbons (Fsp3) is 0.150. The van der Waals surface area contributed by atoms with Crippen LogP contribution in [0.4, 0.5) is 10.1 Å². The Bertz CT molecular complexity index is 943. The van der Waals surface area contributed by atoms with Gasteiger partial charge in [-0.1, -0.05) is 42.5 Å². The van der Waals surface area contributed by atoms with Crippen molar-refractivity contribution in [2.45, 2.75) is 19.4 Å². The van der Waals surface area contributed by atoms with Gasteiger partial charge in [-0.25, -0.2) is 9.37 Å². The summed E-state index contributed by atoms with van der Waals surface area (Å²) in [6.07, 6.45) is -1.09. The second kappa shape index (κ2) is 8.55. The number of thiazole rings is 1. The van der Waals surface area contributed by atoms with Crippen LogP contribution in [0.15, 0.2) is 60.0 Å². The van der Waals surface area contributed by atoms with Gasteiger partial charge in [0, 0.05) is 10.9 Å². The molecule has 0 spiro atoms. The molecule has 0 aliphatic heterocycles. The minimum atomic E-state index is -1.05. The van der Waals surface area contributed by atoms with Crippen molar-refractivity contribution < 1.29 is 18.7 Å². The summed E-state index contributed by atoms with van der Waals surface area (Å²) in [5.41, 5.74) is 1.59. The lowest BCUT2D eigenvalue weighted by atomic mass is 10.2. The smallest absolute Gasteiger partial charge is 0.312 e. The topological polar surface area (TPSA) is 68.3 Å². The molecule has 138 valence electrons. The van der Waals surface area contributed by atoms with E-state index in [0.29, 0.717) is 5.69 Å². The van der Waals surface area contributed by atoms with E-state index in [1.807, 2.05) is 30.3 Å². The third kappa shape index (κ3) is 4.98. The van der Waals surface area contributed by atoms with E-state index >= 15 is 0 Å². The van der Waals surface area contributed by atoms with E-state index in [0.717, 1.165) is 10.6 Å². The SMILES string of the molecule is CC(OC(=O)Cc1csc(-c2ccccc2)n1)C(=O)Nc1ccccc1F. The molecule has 5 nitrogen and oxygen atoms in total. The average Bonchev–Trinajstić information content (AvgIpc) is 3.12. The molecule has 3 aromatic rings. The first-order chi connectivity index (χ1) is 13.0. The van der Waals surface area contributed by atoms with E-state index in [9.17, 15) is 14.0 Å². The Hall–Kier alpha value is -3.06. The van der Waals surface area contributed by atoms with E-state index in [2.05, 4.69) is 10.3 Å². The first-order valence-electron chi connectivity index (χ1n) is 8.27. The Morgan fingerprint density at radius 2 is 1.85 bits per heavy atom. The molecule has 7 heteroatoms. The van der Waals surface area contributed by atoms with Crippen molar-refractivity contribution in [3.63, 3.8) is 0 Å². The Labute approximate surface area is 159 Å². The highest BCUT2D eigenvalue weighted by molar-refractivity contribution is 7.13. The molecule has 0 aliphatic carbocycles. The van der Waals surface area contributed by atoms with Crippen molar-refractivity contribution in [3.05, 3.63) is 71.5 Å². The summed E-state index contributed by atoms with van der Waals surface area (Å²) in [6, 6.07) is 15.4. The van der Waals surface area contributed by atoms with Crippen LogP contribution in [0.1, 0.15) is 12.6 Å². The molecule has 0 bridgehead atoms. The Morgan fingerprint density at radius 3 is 2.59 bits per heavy atom. The number of para-hydroxylation sites is 1. The van der Waals surface area contributed by atoms with Crippen LogP contribution in [0, 0.1) is 5.82 Å². The lowest BCUT2D eigenvalue weighted by Gasteiger charge is -2.13. The summed E-state index contributed by atoms with van der Waals surface area (Å²) < 4.78 is 18.7. The minimum Gasteiger partial charge on any atom is -0.452 e. The van der Waals surface area contributed by atoms with Gasteiger partial charge in [0.2, 0.25) is 0 Å². The lowest BCUT2D eigenvalue weighted by molar-refractivity contribution is -0.152. The van der Waals surface area contributed by atoms with E-state index in [-0.39, 0.29) is 12.1 Å². The number of hydrogen-bond acceptors (Lipinski definition) is 5. The van der Waals surface area contributed by atoms with Crippen LogP contribution in [0.25, 0.3) is 10.6 Å². The number of carbonyl (C=O) groups is 2. The second-order valence-corrected chi connectivity index (χ2v) is 6.65. The zero-order valence-corrected chi connectivity index (χ0v) is 15.3. The predicted octanol–water partition coefficient (Wildman–Crippen LogP) is 4.06. The third-order valence-corrected chi connectivity index (χ3v) is 4.65. The number of nitrogens with zero attached hydrogens (tertiary/aromatic N) is 1. The zero-order valence-electron chi connectivity index (χ0n) is 14.5. The van der Waals surface area contributed by atoms with E-state index in [1.54, 1.807) is 11.4 Å². The van der Waals surface area contributed by atoms with E-state index in [1.165, 1.54) is 36.5 Å². The molecule has 1 unspecified atom stereocenters. The van der Waals surface area contributed by atoms with E-state index < -0.39 is 23.8 Å². The molecule has 0 radical (unpaired) electrons. The number of ether oxygens (including phenoxy) is 1. The van der Waals surface area contributed by atoms with Gasteiger partial charge >= 0.3 is 5.97 Å². The van der Waals surface area contributed by atoms with Crippen molar-refractivity contribution in [1.82, 2.24) is 4.98 Å². The minimum absolute atomic E-state index is 0.0393. The summed E-state index contributed by atoms with van der Waals surface area (Å²) >= 11 is 1.43. The Balaban J connectivity index is 1.55. The largest absolute Gasteiger partial charge is 0.452 e. The molecule has 0 saturated heterocycles. The van der Waals surface area contributed by atoms with Gasteiger partial charge in [0.05, 0.1) is 17.8 Å². The number of esters is 1. The predicted molar refractivity (Wildman–Crippen MR) is 102 cm³/mol. The van der Waals surface area contributed by atoms with Gasteiger partial charge < -0.3 is 10.1 Å². The summed E-state index contributed by atoms with van der Waals surface area (Å²) in [7, 11) is 0. The van der Waals surface area contributed by atoms with Gasteiger partial charge in [0.15, 0.2) is 6.10 Å². The quantitative estimate of drug-likeness (QED) is 0.651. The molecule has 27 heavy (non-hydrogen) atoms. The maximum Gasteiger partial charge on any atom is 0.312 e. The molecule has 0 fully saturated rings. The summed E-state index contributed by atoms with van der Waals surface area (Å²) in [5.74, 6) is -1.73. The molecule has 1 heterocycles. The van der Waals surface area contributed by atoms with Crippen LogP contribution in [0.5, 0.6) is 0 Å². The normalized spacial score (nSPS) is 11.6. The molecule has 1 amide bonds. The monoisotopic (exact) mass is 384 g/mol. The number of rotatable bonds is 6. The number of benzene rings is 2. The van der Waals surface area contributed by atoms with Gasteiger partial charge in [-0.05, 0) is 19.1 Å². The zero-order chi connectivity index (χ0) is 19.2. The van der Waals surface area contributed by atoms with Gasteiger partial charge in [-0.15, -0.1) is 11.3 Å². The maximum atomic E-state index is 13.6. The second-order valence-electron chi connectivity index (χ2n) is 5.79. The summed E-state index contributed by atoms with van der Waals surface area (Å²) in [4.78, 5) is 28.6. The molecule has 3 rings (SSSR count). The molecule has 1 N–H and O–H groups in total. The number of anilines is 1. The third-order valence-electron chi connectivity index (χ3n) is 3.71. The summed E-state index contributed by atoms with van der Waals surface area (Å²) in [5, 5.41) is 4.99. The van der Waals surface area contributed by atoms with E-state index in [4.69, 9.17) is 4.74 Å². The molecule has 2 aromatic carbocycles. The van der Waals surface area contributed by atoms with Crippen LogP contribution in [0.3, 0.4) is 0 Å². The lowest BCUT2D eigenvalue weighted by Crippen LogP contribution is -2.30. The first kappa shape index (κ1) is 18.7. The van der Waals surface area contributed by atoms with Gasteiger partial charge in [-0.3, -0.25) is 9.59 Å². The number of carbonyl (C=O) groups excluding carboxylic acids is 2. The van der Waals surface area contributed by atoms with Gasteiger partial charge in [0.1, 0.15) is 10.8 Å². The highest BCUT2D eigenvalue weighted by Gasteiger charge is 2.20. The van der Waals surface area contributed by atoms with Gasteiger partial charge in [-0.2, -0.15) is 0 Å². The molecule has 1 aromatic heterocycles. The number of amides is 1. The molecule has 0 saturated carbocycles. The van der Waals surface area contributed by atoms with Crippen molar-refractivity contribution in [2.24, 2.45) is 0 Å². The molecular formula is C20H17FN2O3S. The van der Waals surface area contributed by atoms with Crippen molar-refractivity contribution in [3.8, 4) is 10.6 Å². The van der Waals surface area contributed by atoms with Crippen LogP contribution >= 0.6 is 11.3 Å². The fourth-order valence-electron chi connectivity index (χ4n) is 2.34. The number of aromatic nitrogens is 1. The maximum absolute atomic E-state index is 13.6. The van der Waals surface area contributed by atoms with Crippen LogP contribution < -0.4 is 5.32 Å². The van der Waals surface area contributed by atoms with Gasteiger partial charge in [0.25, 0.3) is 5.91 Å². The standard InChI is InChI=1S/C20H17FN2O3S/c1-13(19(25)23-17-10-6-5-9-16(17)21)26-18(24)11-15-12-27-20(22-15)14-7-3-2-4-8-14/h2-10,12-13H,11H2,1H3,(H,23,25). The fourth-order valence-corrected chi connectivity index (χ4v) is 3.16. The molecular weight excluding hydrogens is 367 g/mol. The number of nitrogens with one attached hydrogen (secondary N) is 1.